The zero-order valence-corrected chi connectivity index (χ0v) is 19.2. The van der Waals surface area contributed by atoms with E-state index in [0.717, 1.165) is 42.6 Å². The lowest BCUT2D eigenvalue weighted by atomic mass is 10.1. The summed E-state index contributed by atoms with van der Waals surface area (Å²) >= 11 is 0. The molecule has 3 aromatic rings. The minimum absolute atomic E-state index is 0.139. The molecule has 1 saturated carbocycles. The third-order valence-electron chi connectivity index (χ3n) is 5.64. The predicted octanol–water partition coefficient (Wildman–Crippen LogP) is 3.78. The molecule has 0 radical (unpaired) electrons. The number of nitriles is 1. The smallest absolute Gasteiger partial charge is 0.231 e. The first kappa shape index (κ1) is 23.0. The fourth-order valence-corrected chi connectivity index (χ4v) is 3.91. The van der Waals surface area contributed by atoms with E-state index in [-0.39, 0.29) is 11.8 Å². The van der Waals surface area contributed by atoms with Gasteiger partial charge in [0, 0.05) is 42.5 Å². The quantitative estimate of drug-likeness (QED) is 0.288. The van der Waals surface area contributed by atoms with Gasteiger partial charge in [0.15, 0.2) is 5.82 Å². The van der Waals surface area contributed by atoms with Gasteiger partial charge in [-0.05, 0) is 37.5 Å². The molecule has 0 saturated heterocycles. The lowest BCUT2D eigenvalue weighted by molar-refractivity contribution is -0.124. The average Bonchev–Trinajstić information content (AvgIpc) is 3.50. The van der Waals surface area contributed by atoms with Crippen LogP contribution in [0.5, 0.6) is 0 Å². The van der Waals surface area contributed by atoms with Crippen LogP contribution in [-0.2, 0) is 11.2 Å². The van der Waals surface area contributed by atoms with Crippen LogP contribution in [0.3, 0.4) is 0 Å². The molecule has 0 spiro atoms. The van der Waals surface area contributed by atoms with Crippen LogP contribution >= 0.6 is 0 Å². The molecule has 1 aliphatic rings. The zero-order valence-electron chi connectivity index (χ0n) is 19.2. The van der Waals surface area contributed by atoms with E-state index in [1.807, 2.05) is 37.3 Å². The SMILES string of the molecule is Cc1cc(Nc2cc(NCCNC(=O)C3CCCC3)nc(Nc3ccc(CC#N)cc3)n2)n[nH]1. The van der Waals surface area contributed by atoms with E-state index in [9.17, 15) is 4.79 Å². The van der Waals surface area contributed by atoms with E-state index in [1.165, 1.54) is 0 Å². The first-order valence-electron chi connectivity index (χ1n) is 11.5. The van der Waals surface area contributed by atoms with Crippen molar-refractivity contribution in [3.8, 4) is 6.07 Å². The summed E-state index contributed by atoms with van der Waals surface area (Å²) in [4.78, 5) is 21.3. The molecular weight excluding hydrogens is 430 g/mol. The van der Waals surface area contributed by atoms with Crippen LogP contribution in [0.4, 0.5) is 29.1 Å². The Morgan fingerprint density at radius 1 is 1.06 bits per heavy atom. The number of aromatic nitrogens is 4. The number of benzene rings is 1. The summed E-state index contributed by atoms with van der Waals surface area (Å²) < 4.78 is 0. The molecule has 1 aliphatic carbocycles. The summed E-state index contributed by atoms with van der Waals surface area (Å²) in [5.74, 6) is 2.54. The van der Waals surface area contributed by atoms with Crippen molar-refractivity contribution in [2.75, 3.05) is 29.0 Å². The number of nitrogens with one attached hydrogen (secondary N) is 5. The van der Waals surface area contributed by atoms with Crippen LogP contribution in [0.1, 0.15) is 36.9 Å². The van der Waals surface area contributed by atoms with Crippen LogP contribution in [0, 0.1) is 24.2 Å². The highest BCUT2D eigenvalue weighted by Gasteiger charge is 2.21. The molecule has 176 valence electrons. The van der Waals surface area contributed by atoms with E-state index >= 15 is 0 Å². The van der Waals surface area contributed by atoms with Crippen LogP contribution < -0.4 is 21.3 Å². The van der Waals surface area contributed by atoms with Crippen LogP contribution in [0.15, 0.2) is 36.4 Å². The number of carbonyl (C=O) groups excluding carboxylic acids is 1. The Bertz CT molecular complexity index is 1140. The highest BCUT2D eigenvalue weighted by Crippen LogP contribution is 2.24. The van der Waals surface area contributed by atoms with Gasteiger partial charge in [-0.2, -0.15) is 20.3 Å². The number of amides is 1. The Balaban J connectivity index is 1.42. The first-order valence-corrected chi connectivity index (χ1v) is 11.5. The van der Waals surface area contributed by atoms with E-state index < -0.39 is 0 Å². The number of anilines is 5. The molecule has 1 fully saturated rings. The fraction of sp³-hybridized carbons (Fsp3) is 0.375. The van der Waals surface area contributed by atoms with E-state index in [0.29, 0.717) is 42.9 Å². The number of aryl methyl sites for hydroxylation is 1. The molecule has 10 heteroatoms. The van der Waals surface area contributed by atoms with Crippen molar-refractivity contribution in [3.05, 3.63) is 47.7 Å². The van der Waals surface area contributed by atoms with Gasteiger partial charge >= 0.3 is 0 Å². The van der Waals surface area contributed by atoms with Gasteiger partial charge in [-0.25, -0.2) is 0 Å². The maximum Gasteiger partial charge on any atom is 0.231 e. The van der Waals surface area contributed by atoms with E-state index in [4.69, 9.17) is 5.26 Å². The zero-order chi connectivity index (χ0) is 23.8. The van der Waals surface area contributed by atoms with Crippen molar-refractivity contribution in [2.45, 2.75) is 39.0 Å². The maximum absolute atomic E-state index is 12.2. The largest absolute Gasteiger partial charge is 0.368 e. The minimum Gasteiger partial charge on any atom is -0.368 e. The van der Waals surface area contributed by atoms with Crippen molar-refractivity contribution in [1.82, 2.24) is 25.5 Å². The molecule has 4 rings (SSSR count). The van der Waals surface area contributed by atoms with Crippen molar-refractivity contribution < 1.29 is 4.79 Å². The Labute approximate surface area is 198 Å². The Morgan fingerprint density at radius 2 is 1.82 bits per heavy atom. The highest BCUT2D eigenvalue weighted by molar-refractivity contribution is 5.78. The van der Waals surface area contributed by atoms with Crippen molar-refractivity contribution >= 4 is 35.0 Å². The number of carbonyl (C=O) groups is 1. The lowest BCUT2D eigenvalue weighted by Crippen LogP contribution is -2.33. The van der Waals surface area contributed by atoms with E-state index in [2.05, 4.69) is 47.5 Å². The number of rotatable bonds is 10. The Morgan fingerprint density at radius 3 is 2.53 bits per heavy atom. The molecule has 1 amide bonds. The third-order valence-corrected chi connectivity index (χ3v) is 5.64. The molecule has 1 aromatic carbocycles. The third kappa shape index (κ3) is 6.45. The second kappa shape index (κ2) is 11.1. The van der Waals surface area contributed by atoms with Gasteiger partial charge in [0.1, 0.15) is 11.6 Å². The molecule has 2 heterocycles. The summed E-state index contributed by atoms with van der Waals surface area (Å²) in [6.07, 6.45) is 4.61. The van der Waals surface area contributed by atoms with Gasteiger partial charge in [0.25, 0.3) is 0 Å². The minimum atomic E-state index is 0.139. The number of aromatic amines is 1. The highest BCUT2D eigenvalue weighted by atomic mass is 16.1. The maximum atomic E-state index is 12.2. The van der Waals surface area contributed by atoms with Crippen molar-refractivity contribution in [2.24, 2.45) is 5.92 Å². The topological polar surface area (TPSA) is 143 Å². The number of nitrogens with zero attached hydrogens (tertiary/aromatic N) is 4. The van der Waals surface area contributed by atoms with Crippen molar-refractivity contribution in [1.29, 1.82) is 5.26 Å². The van der Waals surface area contributed by atoms with Crippen LogP contribution in [0.2, 0.25) is 0 Å². The monoisotopic (exact) mass is 459 g/mol. The van der Waals surface area contributed by atoms with Gasteiger partial charge in [0.05, 0.1) is 12.5 Å². The molecule has 34 heavy (non-hydrogen) atoms. The number of H-pyrrole nitrogens is 1. The molecular formula is C24H29N9O. The van der Waals surface area contributed by atoms with Crippen molar-refractivity contribution in [3.63, 3.8) is 0 Å². The van der Waals surface area contributed by atoms with Crippen LogP contribution in [-0.4, -0.2) is 39.2 Å². The lowest BCUT2D eigenvalue weighted by Gasteiger charge is -2.13. The van der Waals surface area contributed by atoms with Gasteiger partial charge in [-0.3, -0.25) is 9.89 Å². The molecule has 5 N–H and O–H groups in total. The predicted molar refractivity (Wildman–Crippen MR) is 131 cm³/mol. The molecule has 10 nitrogen and oxygen atoms in total. The molecule has 0 bridgehead atoms. The van der Waals surface area contributed by atoms with E-state index in [1.54, 1.807) is 6.07 Å². The van der Waals surface area contributed by atoms with Gasteiger partial charge in [-0.1, -0.05) is 25.0 Å². The summed E-state index contributed by atoms with van der Waals surface area (Å²) in [7, 11) is 0. The van der Waals surface area contributed by atoms with Gasteiger partial charge < -0.3 is 21.3 Å². The summed E-state index contributed by atoms with van der Waals surface area (Å²) in [6.45, 7) is 2.98. The molecule has 0 unspecified atom stereocenters. The Kier molecular flexibility index (Phi) is 7.55. The first-order chi connectivity index (χ1) is 16.6. The average molecular weight is 460 g/mol. The van der Waals surface area contributed by atoms with Gasteiger partial charge in [-0.15, -0.1) is 0 Å². The summed E-state index contributed by atoms with van der Waals surface area (Å²) in [5.41, 5.74) is 2.69. The normalized spacial score (nSPS) is 13.3. The second-order valence-electron chi connectivity index (χ2n) is 8.38. The van der Waals surface area contributed by atoms with Crippen LogP contribution in [0.25, 0.3) is 0 Å². The molecule has 0 aliphatic heterocycles. The Hall–Kier alpha value is -4.13. The fourth-order valence-electron chi connectivity index (χ4n) is 3.91. The van der Waals surface area contributed by atoms with Gasteiger partial charge in [0.2, 0.25) is 11.9 Å². The molecule has 2 aromatic heterocycles. The standard InChI is InChI=1S/C24H29N9O/c1-16-14-22(33-32-16)29-21-15-20(26-12-13-27-23(34)18-4-2-3-5-18)30-24(31-21)28-19-8-6-17(7-9-19)10-11-25/h6-9,14-15,18H,2-5,10,12-13H2,1H3,(H,27,34)(H4,26,28,29,30,31,32,33). The number of hydrogen-bond acceptors (Lipinski definition) is 8. The summed E-state index contributed by atoms with van der Waals surface area (Å²) in [5, 5.41) is 28.6. The number of hydrogen-bond donors (Lipinski definition) is 5. The second-order valence-corrected chi connectivity index (χ2v) is 8.38. The molecule has 0 atom stereocenters. The summed E-state index contributed by atoms with van der Waals surface area (Å²) in [6, 6.07) is 13.4.